The van der Waals surface area contributed by atoms with Gasteiger partial charge in [-0.15, -0.1) is 0 Å². The third kappa shape index (κ3) is 3.95. The SMILES string of the molecule is CCN(CC)C(=O)COC[C@@H]1CCC[NH+]2CCCC[C@@H]12. The first-order chi connectivity index (χ1) is 9.76. The number of hydrogen-bond acceptors (Lipinski definition) is 2. The van der Waals surface area contributed by atoms with E-state index in [1.165, 1.54) is 45.2 Å². The highest BCUT2D eigenvalue weighted by molar-refractivity contribution is 5.77. The lowest BCUT2D eigenvalue weighted by atomic mass is 9.84. The van der Waals surface area contributed by atoms with Crippen LogP contribution in [0.4, 0.5) is 0 Å². The Balaban J connectivity index is 1.74. The van der Waals surface area contributed by atoms with Crippen LogP contribution in [0.15, 0.2) is 0 Å². The minimum Gasteiger partial charge on any atom is -0.371 e. The van der Waals surface area contributed by atoms with Crippen LogP contribution >= 0.6 is 0 Å². The van der Waals surface area contributed by atoms with Crippen LogP contribution in [0.2, 0.25) is 0 Å². The normalized spacial score (nSPS) is 29.8. The summed E-state index contributed by atoms with van der Waals surface area (Å²) < 4.78 is 5.76. The largest absolute Gasteiger partial charge is 0.371 e. The van der Waals surface area contributed by atoms with E-state index in [1.54, 1.807) is 4.90 Å². The Kier molecular flexibility index (Phi) is 6.30. The van der Waals surface area contributed by atoms with Crippen LogP contribution < -0.4 is 4.90 Å². The topological polar surface area (TPSA) is 34.0 Å². The number of amides is 1. The molecular weight excluding hydrogens is 252 g/mol. The third-order valence-electron chi connectivity index (χ3n) is 5.10. The van der Waals surface area contributed by atoms with Gasteiger partial charge in [-0.05, 0) is 46.0 Å². The van der Waals surface area contributed by atoms with Gasteiger partial charge in [0.05, 0.1) is 25.7 Å². The summed E-state index contributed by atoms with van der Waals surface area (Å²) in [5.41, 5.74) is 0. The van der Waals surface area contributed by atoms with Crippen molar-refractivity contribution in [3.05, 3.63) is 0 Å². The van der Waals surface area contributed by atoms with Crippen LogP contribution in [-0.2, 0) is 9.53 Å². The van der Waals surface area contributed by atoms with Crippen LogP contribution in [-0.4, -0.2) is 56.2 Å². The fourth-order valence-electron chi connectivity index (χ4n) is 3.94. The predicted octanol–water partition coefficient (Wildman–Crippen LogP) is 0.719. The maximum Gasteiger partial charge on any atom is 0.248 e. The molecule has 0 aromatic carbocycles. The number of nitrogens with one attached hydrogen (secondary N) is 1. The zero-order valence-corrected chi connectivity index (χ0v) is 13.2. The smallest absolute Gasteiger partial charge is 0.248 e. The van der Waals surface area contributed by atoms with Gasteiger partial charge in [0.25, 0.3) is 0 Å². The standard InChI is InChI=1S/C16H30N2O2/c1-3-17(4-2)16(19)13-20-12-14-8-7-11-18-10-6-5-9-15(14)18/h14-15H,3-13H2,1-2H3/p+1/t14-,15-/m0/s1. The van der Waals surface area contributed by atoms with Gasteiger partial charge in [0, 0.05) is 19.0 Å². The van der Waals surface area contributed by atoms with E-state index in [2.05, 4.69) is 0 Å². The number of ether oxygens (including phenoxy) is 1. The first-order valence-electron chi connectivity index (χ1n) is 8.46. The van der Waals surface area contributed by atoms with Crippen LogP contribution in [0, 0.1) is 5.92 Å². The summed E-state index contributed by atoms with van der Waals surface area (Å²) in [4.78, 5) is 15.6. The molecule has 1 N–H and O–H groups in total. The molecule has 4 heteroatoms. The second kappa shape index (κ2) is 7.99. The number of quaternary nitrogens is 1. The molecule has 0 bridgehead atoms. The summed E-state index contributed by atoms with van der Waals surface area (Å²) in [6, 6.07) is 0.793. The van der Waals surface area contributed by atoms with Gasteiger partial charge in [0.15, 0.2) is 0 Å². The van der Waals surface area contributed by atoms with E-state index in [0.29, 0.717) is 5.92 Å². The van der Waals surface area contributed by atoms with Gasteiger partial charge < -0.3 is 14.5 Å². The summed E-state index contributed by atoms with van der Waals surface area (Å²) in [7, 11) is 0. The third-order valence-corrected chi connectivity index (χ3v) is 5.10. The molecule has 2 rings (SSSR count). The Morgan fingerprint density at radius 3 is 2.65 bits per heavy atom. The van der Waals surface area contributed by atoms with Gasteiger partial charge in [0.2, 0.25) is 5.91 Å². The van der Waals surface area contributed by atoms with Gasteiger partial charge in [-0.2, -0.15) is 0 Å². The lowest BCUT2D eigenvalue weighted by Gasteiger charge is -2.41. The number of carbonyl (C=O) groups excluding carboxylic acids is 1. The van der Waals surface area contributed by atoms with Gasteiger partial charge in [-0.3, -0.25) is 4.79 Å². The average Bonchev–Trinajstić information content (AvgIpc) is 2.49. The molecule has 116 valence electrons. The molecule has 0 saturated carbocycles. The number of likely N-dealkylation sites (N-methyl/N-ethyl adjacent to an activating group) is 1. The summed E-state index contributed by atoms with van der Waals surface area (Å²) >= 11 is 0. The van der Waals surface area contributed by atoms with E-state index >= 15 is 0 Å². The molecule has 2 aliphatic rings. The van der Waals surface area contributed by atoms with Crippen LogP contribution in [0.1, 0.15) is 46.0 Å². The van der Waals surface area contributed by atoms with E-state index in [0.717, 1.165) is 25.7 Å². The van der Waals surface area contributed by atoms with E-state index in [-0.39, 0.29) is 12.5 Å². The molecular formula is C16H31N2O2+. The second-order valence-corrected chi connectivity index (χ2v) is 6.24. The molecule has 3 atom stereocenters. The molecule has 20 heavy (non-hydrogen) atoms. The molecule has 2 heterocycles. The molecule has 0 aromatic rings. The summed E-state index contributed by atoms with van der Waals surface area (Å²) in [6.07, 6.45) is 6.73. The van der Waals surface area contributed by atoms with Crippen LogP contribution in [0.3, 0.4) is 0 Å². The first-order valence-corrected chi connectivity index (χ1v) is 8.46. The average molecular weight is 283 g/mol. The number of fused-ring (bicyclic) bond motifs is 1. The van der Waals surface area contributed by atoms with E-state index in [4.69, 9.17) is 4.74 Å². The van der Waals surface area contributed by atoms with Crippen molar-refractivity contribution < 1.29 is 14.4 Å². The number of hydrogen-bond donors (Lipinski definition) is 1. The van der Waals surface area contributed by atoms with E-state index in [9.17, 15) is 4.79 Å². The van der Waals surface area contributed by atoms with Crippen molar-refractivity contribution >= 4 is 5.91 Å². The van der Waals surface area contributed by atoms with Gasteiger partial charge in [0.1, 0.15) is 6.61 Å². The van der Waals surface area contributed by atoms with E-state index < -0.39 is 0 Å². The molecule has 1 amide bonds. The maximum atomic E-state index is 11.9. The quantitative estimate of drug-likeness (QED) is 0.779. The number of carbonyl (C=O) groups is 1. The first kappa shape index (κ1) is 15.8. The Labute approximate surface area is 123 Å². The Bertz CT molecular complexity index is 303. The molecule has 2 aliphatic heterocycles. The fourth-order valence-corrected chi connectivity index (χ4v) is 3.94. The minimum atomic E-state index is 0.138. The van der Waals surface area contributed by atoms with E-state index in [1.807, 2.05) is 18.7 Å². The number of nitrogens with zero attached hydrogens (tertiary/aromatic N) is 1. The molecule has 1 unspecified atom stereocenters. The second-order valence-electron chi connectivity index (χ2n) is 6.24. The molecule has 4 nitrogen and oxygen atoms in total. The molecule has 0 radical (unpaired) electrons. The Morgan fingerprint density at radius 2 is 1.90 bits per heavy atom. The van der Waals surface area contributed by atoms with Gasteiger partial charge in [-0.25, -0.2) is 0 Å². The lowest BCUT2D eigenvalue weighted by molar-refractivity contribution is -0.940. The maximum absolute atomic E-state index is 11.9. The molecule has 0 spiro atoms. The summed E-state index contributed by atoms with van der Waals surface area (Å²) in [6.45, 7) is 9.34. The fraction of sp³-hybridized carbons (Fsp3) is 0.938. The zero-order valence-electron chi connectivity index (χ0n) is 13.2. The highest BCUT2D eigenvalue weighted by atomic mass is 16.5. The van der Waals surface area contributed by atoms with Crippen molar-refractivity contribution in [1.82, 2.24) is 4.90 Å². The lowest BCUT2D eigenvalue weighted by Crippen LogP contribution is -3.18. The van der Waals surface area contributed by atoms with Crippen LogP contribution in [0.25, 0.3) is 0 Å². The molecule has 2 saturated heterocycles. The van der Waals surface area contributed by atoms with Crippen LogP contribution in [0.5, 0.6) is 0 Å². The van der Waals surface area contributed by atoms with Crippen molar-refractivity contribution in [3.63, 3.8) is 0 Å². The Morgan fingerprint density at radius 1 is 1.15 bits per heavy atom. The number of piperidine rings is 2. The molecule has 0 aromatic heterocycles. The van der Waals surface area contributed by atoms with Gasteiger partial charge in [-0.1, -0.05) is 0 Å². The summed E-state index contributed by atoms with van der Waals surface area (Å²) in [5, 5.41) is 0. The zero-order chi connectivity index (χ0) is 14.4. The summed E-state index contributed by atoms with van der Waals surface area (Å²) in [5.74, 6) is 0.808. The molecule has 0 aliphatic carbocycles. The van der Waals surface area contributed by atoms with Crippen molar-refractivity contribution in [2.24, 2.45) is 5.92 Å². The van der Waals surface area contributed by atoms with Crippen molar-refractivity contribution in [1.29, 1.82) is 0 Å². The minimum absolute atomic E-state index is 0.138. The van der Waals surface area contributed by atoms with Crippen molar-refractivity contribution in [2.45, 2.75) is 52.0 Å². The highest BCUT2D eigenvalue weighted by Crippen LogP contribution is 2.20. The van der Waals surface area contributed by atoms with Crippen molar-refractivity contribution in [3.8, 4) is 0 Å². The van der Waals surface area contributed by atoms with Gasteiger partial charge >= 0.3 is 0 Å². The van der Waals surface area contributed by atoms with Crippen molar-refractivity contribution in [2.75, 3.05) is 39.4 Å². The number of rotatable bonds is 6. The predicted molar refractivity (Wildman–Crippen MR) is 79.8 cm³/mol. The Hall–Kier alpha value is -0.610. The highest BCUT2D eigenvalue weighted by Gasteiger charge is 2.36. The monoisotopic (exact) mass is 283 g/mol. The molecule has 2 fully saturated rings.